The smallest absolute Gasteiger partial charge is 0.193 e. The predicted octanol–water partition coefficient (Wildman–Crippen LogP) is 5.59. The fourth-order valence-electron chi connectivity index (χ4n) is 1.83. The number of hydrogen-bond donors (Lipinski definition) is 0. The van der Waals surface area contributed by atoms with Gasteiger partial charge in [-0.3, -0.25) is 0 Å². The SMILES string of the molecule is FC(F)(Cl)C(F)(F)C=C(c1ccccc1)c1ccccc1. The average Bonchev–Trinajstić information content (AvgIpc) is 2.45. The lowest BCUT2D eigenvalue weighted by atomic mass is 9.96. The number of allylic oxidation sites excluding steroid dienone is 1. The zero-order valence-corrected chi connectivity index (χ0v) is 11.5. The van der Waals surface area contributed by atoms with Gasteiger partial charge in [-0.2, -0.15) is 17.6 Å². The van der Waals surface area contributed by atoms with Crippen LogP contribution in [-0.2, 0) is 0 Å². The summed E-state index contributed by atoms with van der Waals surface area (Å²) in [6.45, 7) is 0. The Labute approximate surface area is 124 Å². The van der Waals surface area contributed by atoms with Crippen LogP contribution < -0.4 is 0 Å². The molecule has 0 N–H and O–H groups in total. The minimum Gasteiger partial charge on any atom is -0.193 e. The van der Waals surface area contributed by atoms with Crippen molar-refractivity contribution in [2.45, 2.75) is 11.3 Å². The summed E-state index contributed by atoms with van der Waals surface area (Å²) in [6, 6.07) is 16.3. The Morgan fingerprint density at radius 3 is 1.48 bits per heavy atom. The molecule has 2 aromatic carbocycles. The number of alkyl halides is 5. The van der Waals surface area contributed by atoms with Crippen LogP contribution in [-0.4, -0.2) is 11.3 Å². The predicted molar refractivity (Wildman–Crippen MR) is 75.7 cm³/mol. The molecule has 0 spiro atoms. The standard InChI is InChI=1S/C16H11ClF4/c17-16(20,21)15(18,19)11-14(12-7-3-1-4-8-12)13-9-5-2-6-10-13/h1-11H. The van der Waals surface area contributed by atoms with Crippen molar-refractivity contribution in [1.29, 1.82) is 0 Å². The molecule has 0 aromatic heterocycles. The van der Waals surface area contributed by atoms with E-state index in [1.54, 1.807) is 60.7 Å². The van der Waals surface area contributed by atoms with E-state index in [2.05, 4.69) is 11.6 Å². The number of benzene rings is 2. The summed E-state index contributed by atoms with van der Waals surface area (Å²) >= 11 is 4.52. The third-order valence-electron chi connectivity index (χ3n) is 2.87. The molecule has 5 heteroatoms. The lowest BCUT2D eigenvalue weighted by Gasteiger charge is -2.19. The fraction of sp³-hybridized carbons (Fsp3) is 0.125. The highest BCUT2D eigenvalue weighted by Gasteiger charge is 2.53. The van der Waals surface area contributed by atoms with Crippen molar-refractivity contribution in [3.05, 3.63) is 77.9 Å². The second-order valence-electron chi connectivity index (χ2n) is 4.41. The molecule has 0 heterocycles. The molecule has 2 aromatic rings. The van der Waals surface area contributed by atoms with Gasteiger partial charge < -0.3 is 0 Å². The van der Waals surface area contributed by atoms with Crippen molar-refractivity contribution < 1.29 is 17.6 Å². The van der Waals surface area contributed by atoms with Gasteiger partial charge in [-0.15, -0.1) is 0 Å². The summed E-state index contributed by atoms with van der Waals surface area (Å²) in [7, 11) is 0. The number of rotatable bonds is 4. The molecule has 0 fully saturated rings. The maximum atomic E-state index is 13.6. The van der Waals surface area contributed by atoms with E-state index >= 15 is 0 Å². The molecular weight excluding hydrogens is 304 g/mol. The molecule has 0 aliphatic carbocycles. The lowest BCUT2D eigenvalue weighted by Crippen LogP contribution is -2.33. The second-order valence-corrected chi connectivity index (χ2v) is 4.89. The van der Waals surface area contributed by atoms with Crippen LogP contribution in [0.4, 0.5) is 17.6 Å². The molecule has 0 aliphatic rings. The number of halogens is 5. The van der Waals surface area contributed by atoms with Gasteiger partial charge in [-0.1, -0.05) is 60.7 Å². The van der Waals surface area contributed by atoms with Crippen molar-refractivity contribution >= 4 is 17.2 Å². The molecule has 0 nitrogen and oxygen atoms in total. The Morgan fingerprint density at radius 1 is 0.762 bits per heavy atom. The van der Waals surface area contributed by atoms with Crippen LogP contribution in [0.15, 0.2) is 66.7 Å². The van der Waals surface area contributed by atoms with Gasteiger partial charge in [0.05, 0.1) is 0 Å². The summed E-state index contributed by atoms with van der Waals surface area (Å²) in [5.74, 6) is -4.46. The van der Waals surface area contributed by atoms with E-state index in [4.69, 9.17) is 0 Å². The van der Waals surface area contributed by atoms with Crippen LogP contribution in [0.3, 0.4) is 0 Å². The van der Waals surface area contributed by atoms with E-state index in [1.165, 1.54) is 0 Å². The zero-order valence-electron chi connectivity index (χ0n) is 10.7. The third kappa shape index (κ3) is 3.64. The first-order chi connectivity index (χ1) is 9.81. The van der Waals surface area contributed by atoms with Gasteiger partial charge in [0, 0.05) is 6.08 Å². The van der Waals surface area contributed by atoms with E-state index in [0.717, 1.165) is 0 Å². The molecule has 0 saturated heterocycles. The van der Waals surface area contributed by atoms with Crippen molar-refractivity contribution in [2.75, 3.05) is 0 Å². The van der Waals surface area contributed by atoms with Crippen LogP contribution in [0.2, 0.25) is 0 Å². The van der Waals surface area contributed by atoms with E-state index in [9.17, 15) is 17.6 Å². The molecule has 0 bridgehead atoms. The Morgan fingerprint density at radius 2 is 1.14 bits per heavy atom. The van der Waals surface area contributed by atoms with Gasteiger partial charge in [0.1, 0.15) is 0 Å². The Hall–Kier alpha value is -1.81. The van der Waals surface area contributed by atoms with E-state index in [-0.39, 0.29) is 11.6 Å². The number of hydrogen-bond acceptors (Lipinski definition) is 0. The highest BCUT2D eigenvalue weighted by atomic mass is 35.5. The summed E-state index contributed by atoms with van der Waals surface area (Å²) in [4.78, 5) is 0. The van der Waals surface area contributed by atoms with Crippen LogP contribution in [0.5, 0.6) is 0 Å². The first kappa shape index (κ1) is 15.6. The van der Waals surface area contributed by atoms with Gasteiger partial charge in [-0.25, -0.2) is 0 Å². The van der Waals surface area contributed by atoms with Crippen molar-refractivity contribution in [3.63, 3.8) is 0 Å². The van der Waals surface area contributed by atoms with Crippen molar-refractivity contribution in [3.8, 4) is 0 Å². The molecule has 0 radical (unpaired) electrons. The van der Waals surface area contributed by atoms with Gasteiger partial charge in [0.2, 0.25) is 0 Å². The minimum atomic E-state index is -4.65. The highest BCUT2D eigenvalue weighted by Crippen LogP contribution is 2.41. The van der Waals surface area contributed by atoms with Crippen molar-refractivity contribution in [2.24, 2.45) is 0 Å². The molecule has 21 heavy (non-hydrogen) atoms. The Bertz CT molecular complexity index is 574. The largest absolute Gasteiger partial charge is 0.387 e. The van der Waals surface area contributed by atoms with Gasteiger partial charge in [-0.05, 0) is 28.3 Å². The average molecular weight is 315 g/mol. The topological polar surface area (TPSA) is 0 Å². The van der Waals surface area contributed by atoms with E-state index < -0.39 is 11.3 Å². The van der Waals surface area contributed by atoms with Crippen LogP contribution in [0, 0.1) is 0 Å². The molecule has 2 rings (SSSR count). The van der Waals surface area contributed by atoms with Gasteiger partial charge in [0.15, 0.2) is 0 Å². The van der Waals surface area contributed by atoms with Crippen LogP contribution in [0.1, 0.15) is 11.1 Å². The molecule has 0 saturated carbocycles. The van der Waals surface area contributed by atoms with Crippen molar-refractivity contribution in [1.82, 2.24) is 0 Å². The quantitative estimate of drug-likeness (QED) is 0.510. The normalized spacial score (nSPS) is 12.0. The Balaban J connectivity index is 2.58. The maximum absolute atomic E-state index is 13.6. The molecule has 0 aliphatic heterocycles. The van der Waals surface area contributed by atoms with Gasteiger partial charge in [0.25, 0.3) is 0 Å². The summed E-state index contributed by atoms with van der Waals surface area (Å²) in [5.41, 5.74) is 0.815. The first-order valence-corrected chi connectivity index (χ1v) is 6.47. The Kier molecular flexibility index (Phi) is 4.37. The fourth-order valence-corrected chi connectivity index (χ4v) is 1.89. The summed E-state index contributed by atoms with van der Waals surface area (Å²) in [5, 5.41) is -4.65. The highest BCUT2D eigenvalue weighted by molar-refractivity contribution is 6.22. The second kappa shape index (κ2) is 5.90. The maximum Gasteiger partial charge on any atom is 0.387 e. The monoisotopic (exact) mass is 314 g/mol. The molecule has 0 atom stereocenters. The summed E-state index contributed by atoms with van der Waals surface area (Å²) < 4.78 is 52.9. The van der Waals surface area contributed by atoms with Crippen LogP contribution in [0.25, 0.3) is 5.57 Å². The molecule has 0 amide bonds. The molecular formula is C16H11ClF4. The third-order valence-corrected chi connectivity index (χ3v) is 3.13. The van der Waals surface area contributed by atoms with Gasteiger partial charge >= 0.3 is 11.3 Å². The zero-order chi connectivity index (χ0) is 15.5. The van der Waals surface area contributed by atoms with E-state index in [1.807, 2.05) is 0 Å². The summed E-state index contributed by atoms with van der Waals surface area (Å²) in [6.07, 6.45) is 0.213. The lowest BCUT2D eigenvalue weighted by molar-refractivity contribution is -0.121. The van der Waals surface area contributed by atoms with E-state index in [0.29, 0.717) is 11.1 Å². The minimum absolute atomic E-state index is 0.00141. The van der Waals surface area contributed by atoms with Crippen LogP contribution >= 0.6 is 11.6 Å². The molecule has 0 unspecified atom stereocenters. The molecule has 110 valence electrons. The first-order valence-electron chi connectivity index (χ1n) is 6.09.